The lowest BCUT2D eigenvalue weighted by atomic mass is 9.61. The van der Waals surface area contributed by atoms with E-state index in [1.807, 2.05) is 13.8 Å². The lowest BCUT2D eigenvalue weighted by Gasteiger charge is -2.45. The first-order chi connectivity index (χ1) is 16.7. The Bertz CT molecular complexity index is 867. The van der Waals surface area contributed by atoms with Crippen molar-refractivity contribution in [3.8, 4) is 0 Å². The van der Waals surface area contributed by atoms with Gasteiger partial charge in [-0.1, -0.05) is 26.7 Å². The summed E-state index contributed by atoms with van der Waals surface area (Å²) in [4.78, 5) is 0. The molecule has 0 aromatic heterocycles. The molecule has 0 N–H and O–H groups in total. The van der Waals surface area contributed by atoms with Crippen LogP contribution in [0.3, 0.4) is 0 Å². The summed E-state index contributed by atoms with van der Waals surface area (Å²) >= 11 is 0. The van der Waals surface area contributed by atoms with Gasteiger partial charge in [-0.2, -0.15) is 21.6 Å². The molecule has 210 valence electrons. The number of fused-ring (bicyclic) bond motifs is 1. The molecule has 3 aliphatic rings. The maximum atomic E-state index is 13.2. The molecular weight excluding hydrogens is 501 g/mol. The van der Waals surface area contributed by atoms with E-state index in [4.69, 9.17) is 23.1 Å². The van der Waals surface area contributed by atoms with E-state index < -0.39 is 27.3 Å². The zero-order chi connectivity index (χ0) is 26.8. The zero-order valence-corrected chi connectivity index (χ0v) is 22.8. The highest BCUT2D eigenvalue weighted by Gasteiger charge is 2.56. The molecule has 36 heavy (non-hydrogen) atoms. The molecule has 5 atom stereocenters. The van der Waals surface area contributed by atoms with Gasteiger partial charge in [0, 0.05) is 19.4 Å². The van der Waals surface area contributed by atoms with Crippen LogP contribution in [0.15, 0.2) is 11.8 Å². The summed E-state index contributed by atoms with van der Waals surface area (Å²) in [5.74, 6) is -0.143. The molecule has 5 unspecified atom stereocenters. The fourth-order valence-corrected chi connectivity index (χ4v) is 6.99. The minimum absolute atomic E-state index is 0.0760. The molecule has 0 spiro atoms. The Morgan fingerprint density at radius 1 is 1.19 bits per heavy atom. The van der Waals surface area contributed by atoms with Crippen LogP contribution < -0.4 is 0 Å². The average Bonchev–Trinajstić information content (AvgIpc) is 3.38. The maximum absolute atomic E-state index is 13.2. The van der Waals surface area contributed by atoms with Gasteiger partial charge < -0.3 is 23.1 Å². The zero-order valence-electron chi connectivity index (χ0n) is 21.9. The highest BCUT2D eigenvalue weighted by Crippen LogP contribution is 2.60. The van der Waals surface area contributed by atoms with E-state index in [0.717, 1.165) is 32.1 Å². The van der Waals surface area contributed by atoms with Crippen molar-refractivity contribution < 1.29 is 44.7 Å². The second-order valence-electron chi connectivity index (χ2n) is 11.3. The van der Waals surface area contributed by atoms with Crippen LogP contribution in [0.2, 0.25) is 0 Å². The summed E-state index contributed by atoms with van der Waals surface area (Å²) in [5.41, 5.74) is -6.18. The number of hydrogen-bond acceptors (Lipinski definition) is 7. The van der Waals surface area contributed by atoms with Crippen LogP contribution in [0.25, 0.3) is 0 Å². The minimum Gasteiger partial charge on any atom is -0.381 e. The Hall–Kier alpha value is -0.880. The normalized spacial score (nSPS) is 30.8. The van der Waals surface area contributed by atoms with Gasteiger partial charge in [0.15, 0.2) is 6.29 Å². The van der Waals surface area contributed by atoms with E-state index in [-0.39, 0.29) is 35.9 Å². The molecule has 0 bridgehead atoms. The van der Waals surface area contributed by atoms with Gasteiger partial charge in [-0.25, -0.2) is 0 Å². The second kappa shape index (κ2) is 11.5. The van der Waals surface area contributed by atoms with Crippen molar-refractivity contribution in [3.05, 3.63) is 11.8 Å². The molecule has 1 saturated carbocycles. The minimum atomic E-state index is -5.74. The fraction of sp³-hybridized carbons (Fsp3) is 0.920. The van der Waals surface area contributed by atoms with E-state index >= 15 is 0 Å². The van der Waals surface area contributed by atoms with Crippen molar-refractivity contribution >= 4 is 10.1 Å². The van der Waals surface area contributed by atoms with Crippen molar-refractivity contribution in [2.24, 2.45) is 29.1 Å². The molecule has 1 saturated heterocycles. The van der Waals surface area contributed by atoms with Crippen LogP contribution in [0.5, 0.6) is 0 Å². The molecule has 11 heteroatoms. The summed E-state index contributed by atoms with van der Waals surface area (Å²) in [6, 6.07) is 0. The van der Waals surface area contributed by atoms with Gasteiger partial charge >= 0.3 is 15.6 Å². The predicted molar refractivity (Wildman–Crippen MR) is 127 cm³/mol. The molecule has 0 radical (unpaired) electrons. The highest BCUT2D eigenvalue weighted by molar-refractivity contribution is 7.87. The largest absolute Gasteiger partial charge is 0.534 e. The van der Waals surface area contributed by atoms with Gasteiger partial charge in [-0.05, 0) is 68.8 Å². The van der Waals surface area contributed by atoms with Crippen molar-refractivity contribution in [2.75, 3.05) is 27.1 Å². The van der Waals surface area contributed by atoms with Crippen LogP contribution in [0, 0.1) is 29.1 Å². The molecule has 0 aromatic rings. The Labute approximate surface area is 213 Å². The Balaban J connectivity index is 1.76. The lowest BCUT2D eigenvalue weighted by Crippen LogP contribution is -2.40. The molecule has 2 fully saturated rings. The van der Waals surface area contributed by atoms with Gasteiger partial charge in [0.25, 0.3) is 0 Å². The number of allylic oxidation sites excluding steroid dienone is 2. The lowest BCUT2D eigenvalue weighted by molar-refractivity contribution is -0.118. The molecule has 7 nitrogen and oxygen atoms in total. The van der Waals surface area contributed by atoms with Crippen molar-refractivity contribution in [2.45, 2.75) is 90.0 Å². The summed E-state index contributed by atoms with van der Waals surface area (Å²) < 4.78 is 90.1. The summed E-state index contributed by atoms with van der Waals surface area (Å²) in [7, 11) is -4.16. The van der Waals surface area contributed by atoms with Gasteiger partial charge in [-0.3, -0.25) is 0 Å². The van der Waals surface area contributed by atoms with Gasteiger partial charge in [0.2, 0.25) is 0 Å². The topological polar surface area (TPSA) is 80.3 Å². The average molecular weight is 543 g/mol. The standard InChI is InChI=1S/C25H41F3O7S/c1-17(7-6-10-23(2,3)34-16-31-5)19-8-9-20-21(35-36(29,30)25(26,27)28)13-18(15-24(19,20)4)14-22-32-11-12-33-22/h13,17-20,22H,6-12,14-16H2,1-5H3. The first-order valence-corrected chi connectivity index (χ1v) is 14.2. The molecule has 3 rings (SSSR count). The van der Waals surface area contributed by atoms with Crippen molar-refractivity contribution in [1.29, 1.82) is 0 Å². The summed E-state index contributed by atoms with van der Waals surface area (Å²) in [6.07, 6.45) is 6.42. The first kappa shape index (κ1) is 29.7. The Kier molecular flexibility index (Phi) is 9.46. The fourth-order valence-electron chi connectivity index (χ4n) is 6.48. The van der Waals surface area contributed by atoms with Crippen LogP contribution in [0.4, 0.5) is 13.2 Å². The predicted octanol–water partition coefficient (Wildman–Crippen LogP) is 5.76. The number of hydrogen-bond donors (Lipinski definition) is 0. The first-order valence-electron chi connectivity index (χ1n) is 12.8. The molecule has 0 amide bonds. The third kappa shape index (κ3) is 6.95. The van der Waals surface area contributed by atoms with Gasteiger partial charge in [-0.15, -0.1) is 0 Å². The molecule has 1 aliphatic heterocycles. The molecule has 0 aromatic carbocycles. The van der Waals surface area contributed by atoms with Gasteiger partial charge in [0.1, 0.15) is 12.6 Å². The quantitative estimate of drug-likeness (QED) is 0.176. The summed E-state index contributed by atoms with van der Waals surface area (Å²) in [5, 5.41) is 0. The van der Waals surface area contributed by atoms with Crippen LogP contribution in [0.1, 0.15) is 72.6 Å². The highest BCUT2D eigenvalue weighted by atomic mass is 32.2. The monoisotopic (exact) mass is 542 g/mol. The van der Waals surface area contributed by atoms with E-state index in [1.54, 1.807) is 13.2 Å². The van der Waals surface area contributed by atoms with Gasteiger partial charge in [0.05, 0.1) is 18.8 Å². The number of ether oxygens (including phenoxy) is 4. The molecule has 2 aliphatic carbocycles. The number of methoxy groups -OCH3 is 1. The van der Waals surface area contributed by atoms with Crippen molar-refractivity contribution in [3.63, 3.8) is 0 Å². The second-order valence-corrected chi connectivity index (χ2v) is 12.9. The number of halogens is 3. The molecular formula is C25H41F3O7S. The Morgan fingerprint density at radius 3 is 2.47 bits per heavy atom. The summed E-state index contributed by atoms with van der Waals surface area (Å²) in [6.45, 7) is 9.49. The van der Waals surface area contributed by atoms with Crippen molar-refractivity contribution in [1.82, 2.24) is 0 Å². The maximum Gasteiger partial charge on any atom is 0.534 e. The van der Waals surface area contributed by atoms with Crippen LogP contribution in [-0.2, 0) is 33.2 Å². The number of rotatable bonds is 12. The third-order valence-corrected chi connectivity index (χ3v) is 9.20. The third-order valence-electron chi connectivity index (χ3n) is 8.22. The van der Waals surface area contributed by atoms with Crippen LogP contribution in [-0.4, -0.2) is 52.9 Å². The Morgan fingerprint density at radius 2 is 1.86 bits per heavy atom. The van der Waals surface area contributed by atoms with E-state index in [9.17, 15) is 21.6 Å². The van der Waals surface area contributed by atoms with Crippen LogP contribution >= 0.6 is 0 Å². The SMILES string of the molecule is COCOC(C)(C)CCCC(C)C1CCC2C(OS(=O)(=O)C(F)(F)F)=CC(CC3OCCO3)CC21C. The smallest absolute Gasteiger partial charge is 0.381 e. The molecule has 1 heterocycles. The number of alkyl halides is 3. The van der Waals surface area contributed by atoms with E-state index in [0.29, 0.717) is 32.0 Å². The van der Waals surface area contributed by atoms with E-state index in [2.05, 4.69) is 13.8 Å². The van der Waals surface area contributed by atoms with E-state index in [1.165, 1.54) is 0 Å².